The van der Waals surface area contributed by atoms with Crippen LogP contribution in [0.4, 0.5) is 0 Å². The van der Waals surface area contributed by atoms with Crippen LogP contribution in [0.3, 0.4) is 0 Å². The molecule has 0 fully saturated rings. The van der Waals surface area contributed by atoms with Crippen molar-refractivity contribution >= 4 is 11.9 Å². The molecule has 0 spiro atoms. The molecule has 0 bridgehead atoms. The summed E-state index contributed by atoms with van der Waals surface area (Å²) in [5.41, 5.74) is 0.262. The van der Waals surface area contributed by atoms with Crippen molar-refractivity contribution in [3.63, 3.8) is 0 Å². The minimum absolute atomic E-state index is 0.131. The van der Waals surface area contributed by atoms with Crippen LogP contribution in [0.2, 0.25) is 0 Å². The molecule has 0 saturated carbocycles. The van der Waals surface area contributed by atoms with Crippen molar-refractivity contribution in [2.45, 2.75) is 13.8 Å². The summed E-state index contributed by atoms with van der Waals surface area (Å²) in [5.74, 6) is -1.62. The monoisotopic (exact) mass is 214 g/mol. The predicted molar refractivity (Wildman–Crippen MR) is 54.2 cm³/mol. The van der Waals surface area contributed by atoms with E-state index >= 15 is 0 Å². The number of carbonyl (C=O) groups is 2. The Morgan fingerprint density at radius 3 is 1.33 bits per heavy atom. The van der Waals surface area contributed by atoms with Gasteiger partial charge in [-0.2, -0.15) is 0 Å². The Kier molecular flexibility index (Phi) is 9.05. The van der Waals surface area contributed by atoms with Crippen LogP contribution in [0.15, 0.2) is 37.5 Å². The SMILES string of the molecule is C=C.C=C(C)C(=O)OOOC(=O)C(=C)C. The van der Waals surface area contributed by atoms with Crippen LogP contribution < -0.4 is 0 Å². The van der Waals surface area contributed by atoms with Crippen molar-refractivity contribution in [1.29, 1.82) is 0 Å². The molecule has 0 aliphatic carbocycles. The standard InChI is InChI=1S/C8H10O5.C2H4/c1-5(2)7(9)11-13-12-8(10)6(3)4;1-2/h1,3H2,2,4H3;1-2H2. The van der Waals surface area contributed by atoms with Crippen LogP contribution in [0.25, 0.3) is 0 Å². The first kappa shape index (κ1) is 15.6. The molecule has 0 aromatic rings. The highest BCUT2D eigenvalue weighted by atomic mass is 17.5. The van der Waals surface area contributed by atoms with Crippen molar-refractivity contribution in [3.8, 4) is 0 Å². The lowest BCUT2D eigenvalue weighted by atomic mass is 10.4. The fourth-order valence-electron chi connectivity index (χ4n) is 0.221. The summed E-state index contributed by atoms with van der Waals surface area (Å²) in [4.78, 5) is 29.3. The summed E-state index contributed by atoms with van der Waals surface area (Å²) < 4.78 is 0. The lowest BCUT2D eigenvalue weighted by Gasteiger charge is -2.00. The lowest BCUT2D eigenvalue weighted by molar-refractivity contribution is -0.456. The zero-order chi connectivity index (χ0) is 12.4. The average molecular weight is 214 g/mol. The minimum Gasteiger partial charge on any atom is -0.254 e. The maximum Gasteiger partial charge on any atom is 0.372 e. The number of carbonyl (C=O) groups excluding carboxylic acids is 2. The van der Waals surface area contributed by atoms with Gasteiger partial charge in [0.25, 0.3) is 0 Å². The van der Waals surface area contributed by atoms with Gasteiger partial charge in [-0.1, -0.05) is 13.2 Å². The third-order valence-electron chi connectivity index (χ3n) is 0.916. The van der Waals surface area contributed by atoms with E-state index in [-0.39, 0.29) is 11.1 Å². The minimum atomic E-state index is -0.811. The van der Waals surface area contributed by atoms with Crippen LogP contribution in [-0.4, -0.2) is 11.9 Å². The van der Waals surface area contributed by atoms with Crippen molar-refractivity contribution < 1.29 is 24.4 Å². The Morgan fingerprint density at radius 2 is 1.13 bits per heavy atom. The van der Waals surface area contributed by atoms with Crippen molar-refractivity contribution in [3.05, 3.63) is 37.5 Å². The van der Waals surface area contributed by atoms with Gasteiger partial charge >= 0.3 is 11.9 Å². The first-order chi connectivity index (χ1) is 6.95. The Morgan fingerprint density at radius 1 is 0.867 bits per heavy atom. The molecule has 0 aliphatic heterocycles. The molecule has 5 heteroatoms. The highest BCUT2D eigenvalue weighted by Crippen LogP contribution is 1.96. The molecule has 0 atom stereocenters. The van der Waals surface area contributed by atoms with Gasteiger partial charge in [-0.25, -0.2) is 9.59 Å². The summed E-state index contributed by atoms with van der Waals surface area (Å²) in [6.07, 6.45) is 0. The maximum absolute atomic E-state index is 10.6. The highest BCUT2D eigenvalue weighted by Gasteiger charge is 2.08. The molecule has 0 aliphatic rings. The predicted octanol–water partition coefficient (Wildman–Crippen LogP) is 1.87. The number of rotatable bonds is 4. The summed E-state index contributed by atoms with van der Waals surface area (Å²) in [6, 6.07) is 0. The van der Waals surface area contributed by atoms with Crippen LogP contribution in [0, 0.1) is 0 Å². The van der Waals surface area contributed by atoms with E-state index in [1.165, 1.54) is 13.8 Å². The first-order valence-corrected chi connectivity index (χ1v) is 3.86. The van der Waals surface area contributed by atoms with Gasteiger partial charge < -0.3 is 0 Å². The van der Waals surface area contributed by atoms with Crippen LogP contribution >= 0.6 is 0 Å². The lowest BCUT2D eigenvalue weighted by Crippen LogP contribution is -2.11. The largest absolute Gasteiger partial charge is 0.372 e. The third-order valence-corrected chi connectivity index (χ3v) is 0.916. The molecule has 0 N–H and O–H groups in total. The van der Waals surface area contributed by atoms with Gasteiger partial charge in [0.15, 0.2) is 0 Å². The fourth-order valence-corrected chi connectivity index (χ4v) is 0.221. The molecule has 0 radical (unpaired) electrons. The third kappa shape index (κ3) is 8.45. The Labute approximate surface area is 88.5 Å². The zero-order valence-electron chi connectivity index (χ0n) is 8.87. The molecule has 0 unspecified atom stereocenters. The quantitative estimate of drug-likeness (QED) is 0.309. The van der Waals surface area contributed by atoms with E-state index in [4.69, 9.17) is 0 Å². The molecule has 0 amide bonds. The molecule has 0 aromatic carbocycles. The van der Waals surface area contributed by atoms with Crippen molar-refractivity contribution in [2.75, 3.05) is 0 Å². The second-order valence-corrected chi connectivity index (χ2v) is 2.37. The molecule has 0 heterocycles. The van der Waals surface area contributed by atoms with Crippen LogP contribution in [-0.2, 0) is 24.4 Å². The molecule has 5 nitrogen and oxygen atoms in total. The molecule has 0 rings (SSSR count). The Balaban J connectivity index is 0. The Bertz CT molecular complexity index is 241. The van der Waals surface area contributed by atoms with Gasteiger partial charge in [0.2, 0.25) is 0 Å². The van der Waals surface area contributed by atoms with E-state index in [1.807, 2.05) is 0 Å². The van der Waals surface area contributed by atoms with Crippen molar-refractivity contribution in [1.82, 2.24) is 0 Å². The van der Waals surface area contributed by atoms with E-state index in [0.29, 0.717) is 0 Å². The van der Waals surface area contributed by atoms with Gasteiger partial charge in [0.05, 0.1) is 0 Å². The van der Waals surface area contributed by atoms with Crippen LogP contribution in [0.1, 0.15) is 13.8 Å². The fraction of sp³-hybridized carbons (Fsp3) is 0.200. The maximum atomic E-state index is 10.6. The van der Waals surface area contributed by atoms with E-state index in [2.05, 4.69) is 41.1 Å². The van der Waals surface area contributed by atoms with Gasteiger partial charge in [0.1, 0.15) is 0 Å². The second kappa shape index (κ2) is 8.71. The summed E-state index contributed by atoms with van der Waals surface area (Å²) in [6.45, 7) is 15.4. The number of hydrogen-bond acceptors (Lipinski definition) is 5. The summed E-state index contributed by atoms with van der Waals surface area (Å²) in [5, 5.41) is 3.86. The summed E-state index contributed by atoms with van der Waals surface area (Å²) >= 11 is 0. The van der Waals surface area contributed by atoms with Gasteiger partial charge in [-0.15, -0.1) is 13.2 Å². The smallest absolute Gasteiger partial charge is 0.254 e. The van der Waals surface area contributed by atoms with Crippen LogP contribution in [0.5, 0.6) is 0 Å². The van der Waals surface area contributed by atoms with E-state index in [9.17, 15) is 9.59 Å². The average Bonchev–Trinajstić information content (AvgIpc) is 2.20. The molecule has 0 saturated heterocycles. The molecule has 15 heavy (non-hydrogen) atoms. The number of hydrogen-bond donors (Lipinski definition) is 0. The molecular formula is C10H14O5. The summed E-state index contributed by atoms with van der Waals surface area (Å²) in [7, 11) is 0. The van der Waals surface area contributed by atoms with Gasteiger partial charge in [-0.3, -0.25) is 9.78 Å². The van der Waals surface area contributed by atoms with Gasteiger partial charge in [-0.05, 0) is 13.8 Å². The first-order valence-electron chi connectivity index (χ1n) is 3.86. The molecule has 0 aromatic heterocycles. The normalized spacial score (nSPS) is 7.87. The van der Waals surface area contributed by atoms with E-state index < -0.39 is 11.9 Å². The Hall–Kier alpha value is -1.88. The topological polar surface area (TPSA) is 61.8 Å². The van der Waals surface area contributed by atoms with E-state index in [1.54, 1.807) is 0 Å². The van der Waals surface area contributed by atoms with Crippen molar-refractivity contribution in [2.24, 2.45) is 0 Å². The van der Waals surface area contributed by atoms with Gasteiger partial charge in [0, 0.05) is 16.2 Å². The highest BCUT2D eigenvalue weighted by molar-refractivity contribution is 5.87. The van der Waals surface area contributed by atoms with E-state index in [0.717, 1.165) is 0 Å². The molecular weight excluding hydrogens is 200 g/mol. The zero-order valence-corrected chi connectivity index (χ0v) is 8.87. The second-order valence-electron chi connectivity index (χ2n) is 2.37. The molecule has 84 valence electrons.